The van der Waals surface area contributed by atoms with Crippen LogP contribution >= 0.6 is 11.3 Å². The van der Waals surface area contributed by atoms with Gasteiger partial charge in [0.2, 0.25) is 5.95 Å². The summed E-state index contributed by atoms with van der Waals surface area (Å²) >= 11 is 1.65. The van der Waals surface area contributed by atoms with Crippen molar-refractivity contribution in [3.8, 4) is 0 Å². The van der Waals surface area contributed by atoms with E-state index in [1.807, 2.05) is 6.07 Å². The Labute approximate surface area is 126 Å². The van der Waals surface area contributed by atoms with E-state index in [0.717, 1.165) is 16.6 Å². The molecule has 0 aliphatic rings. The summed E-state index contributed by atoms with van der Waals surface area (Å²) < 4.78 is 13.3. The van der Waals surface area contributed by atoms with Crippen LogP contribution in [0.25, 0.3) is 10.2 Å². The maximum Gasteiger partial charge on any atom is 0.225 e. The van der Waals surface area contributed by atoms with E-state index in [9.17, 15) is 4.39 Å². The molecular weight excluding hydrogens is 287 g/mol. The Bertz CT molecular complexity index is 784. The lowest BCUT2D eigenvalue weighted by Gasteiger charge is -2.08. The summed E-state index contributed by atoms with van der Waals surface area (Å²) in [5, 5.41) is 7.09. The number of nitrogens with zero attached hydrogens (tertiary/aromatic N) is 2. The molecule has 21 heavy (non-hydrogen) atoms. The highest BCUT2D eigenvalue weighted by Crippen LogP contribution is 2.31. The van der Waals surface area contributed by atoms with Gasteiger partial charge in [0, 0.05) is 17.6 Å². The van der Waals surface area contributed by atoms with Crippen molar-refractivity contribution in [1.29, 1.82) is 0 Å². The Morgan fingerprint density at radius 3 is 2.81 bits per heavy atom. The zero-order valence-electron chi connectivity index (χ0n) is 11.8. The summed E-state index contributed by atoms with van der Waals surface area (Å²) in [5.74, 6) is 0.954. The van der Waals surface area contributed by atoms with Crippen LogP contribution in [-0.4, -0.2) is 17.0 Å². The maximum atomic E-state index is 13.3. The molecule has 0 spiro atoms. The Morgan fingerprint density at radius 2 is 2.10 bits per heavy atom. The molecule has 2 N–H and O–H groups in total. The largest absolute Gasteiger partial charge is 0.357 e. The average molecular weight is 302 g/mol. The number of fused-ring (bicyclic) bond motifs is 1. The van der Waals surface area contributed by atoms with Gasteiger partial charge in [-0.15, -0.1) is 11.3 Å². The minimum atomic E-state index is -0.279. The molecule has 6 heteroatoms. The predicted octanol–water partition coefficient (Wildman–Crippen LogP) is 4.18. The van der Waals surface area contributed by atoms with Crippen molar-refractivity contribution >= 4 is 39.0 Å². The summed E-state index contributed by atoms with van der Waals surface area (Å²) in [6.45, 7) is 2.11. The lowest BCUT2D eigenvalue weighted by Crippen LogP contribution is -2.00. The van der Waals surface area contributed by atoms with Gasteiger partial charge in [0.15, 0.2) is 0 Å². The van der Waals surface area contributed by atoms with E-state index in [0.29, 0.717) is 17.5 Å². The van der Waals surface area contributed by atoms with Gasteiger partial charge in [-0.05, 0) is 30.7 Å². The van der Waals surface area contributed by atoms with Gasteiger partial charge in [-0.1, -0.05) is 13.0 Å². The van der Waals surface area contributed by atoms with Gasteiger partial charge in [0.25, 0.3) is 0 Å². The fourth-order valence-corrected chi connectivity index (χ4v) is 3.02. The number of aromatic nitrogens is 2. The Balaban J connectivity index is 2.09. The number of benzene rings is 1. The van der Waals surface area contributed by atoms with E-state index in [2.05, 4.69) is 33.6 Å². The molecule has 0 unspecified atom stereocenters. The fourth-order valence-electron chi connectivity index (χ4n) is 2.06. The summed E-state index contributed by atoms with van der Waals surface area (Å²) in [6, 6.07) is 8.42. The second-order valence-electron chi connectivity index (χ2n) is 4.57. The third kappa shape index (κ3) is 2.80. The van der Waals surface area contributed by atoms with Crippen LogP contribution in [0.3, 0.4) is 0 Å². The second kappa shape index (κ2) is 5.65. The van der Waals surface area contributed by atoms with Crippen LogP contribution in [0.5, 0.6) is 0 Å². The van der Waals surface area contributed by atoms with E-state index in [-0.39, 0.29) is 5.82 Å². The molecule has 0 saturated carbocycles. The monoisotopic (exact) mass is 302 g/mol. The molecule has 2 heterocycles. The molecule has 0 radical (unpaired) electrons. The summed E-state index contributed by atoms with van der Waals surface area (Å²) in [5.41, 5.74) is 0.668. The first-order valence-corrected chi connectivity index (χ1v) is 7.52. The van der Waals surface area contributed by atoms with Gasteiger partial charge in [-0.2, -0.15) is 4.98 Å². The van der Waals surface area contributed by atoms with Gasteiger partial charge in [-0.3, -0.25) is 0 Å². The van der Waals surface area contributed by atoms with Crippen molar-refractivity contribution in [2.75, 3.05) is 17.7 Å². The normalized spacial score (nSPS) is 10.8. The van der Waals surface area contributed by atoms with Crippen molar-refractivity contribution < 1.29 is 4.39 Å². The highest BCUT2D eigenvalue weighted by Gasteiger charge is 2.11. The van der Waals surface area contributed by atoms with Gasteiger partial charge in [-0.25, -0.2) is 9.37 Å². The number of halogens is 1. The van der Waals surface area contributed by atoms with Crippen LogP contribution in [0.4, 0.5) is 21.8 Å². The molecule has 0 aliphatic heterocycles. The Morgan fingerprint density at radius 1 is 1.24 bits per heavy atom. The molecule has 3 rings (SSSR count). The first-order valence-electron chi connectivity index (χ1n) is 6.70. The minimum Gasteiger partial charge on any atom is -0.357 e. The van der Waals surface area contributed by atoms with Crippen LogP contribution in [0.1, 0.15) is 11.8 Å². The van der Waals surface area contributed by atoms with E-state index < -0.39 is 0 Å². The number of hydrogen-bond acceptors (Lipinski definition) is 5. The Hall–Kier alpha value is -2.21. The second-order valence-corrected chi connectivity index (χ2v) is 5.68. The number of hydrogen-bond donors (Lipinski definition) is 2. The smallest absolute Gasteiger partial charge is 0.225 e. The third-order valence-corrected chi connectivity index (χ3v) is 4.28. The topological polar surface area (TPSA) is 49.8 Å². The molecule has 0 saturated heterocycles. The first kappa shape index (κ1) is 13.8. The number of thiophene rings is 1. The standard InChI is InChI=1S/C15H15FN4S/c1-3-11-8-12-13(18-10-6-4-5-9(16)7-10)19-15(17-2)20-14(12)21-11/h4-8H,3H2,1-2H3,(H2,17,18,19,20). The van der Waals surface area contributed by atoms with Crippen molar-refractivity contribution in [3.05, 3.63) is 41.0 Å². The number of aryl methyl sites for hydroxylation is 1. The van der Waals surface area contributed by atoms with Gasteiger partial charge in [0.1, 0.15) is 16.5 Å². The van der Waals surface area contributed by atoms with Gasteiger partial charge in [0.05, 0.1) is 5.39 Å². The van der Waals surface area contributed by atoms with Crippen LogP contribution in [0.2, 0.25) is 0 Å². The van der Waals surface area contributed by atoms with Crippen molar-refractivity contribution in [2.24, 2.45) is 0 Å². The Kier molecular flexibility index (Phi) is 3.70. The lowest BCUT2D eigenvalue weighted by atomic mass is 10.2. The number of anilines is 3. The highest BCUT2D eigenvalue weighted by atomic mass is 32.1. The lowest BCUT2D eigenvalue weighted by molar-refractivity contribution is 0.628. The zero-order chi connectivity index (χ0) is 14.8. The van der Waals surface area contributed by atoms with Crippen molar-refractivity contribution in [2.45, 2.75) is 13.3 Å². The molecule has 2 aromatic heterocycles. The molecule has 0 fully saturated rings. The summed E-state index contributed by atoms with van der Waals surface area (Å²) in [7, 11) is 1.78. The third-order valence-electron chi connectivity index (χ3n) is 3.10. The molecular formula is C15H15FN4S. The van der Waals surface area contributed by atoms with Crippen LogP contribution < -0.4 is 10.6 Å². The molecule has 0 bridgehead atoms. The molecule has 3 aromatic rings. The zero-order valence-corrected chi connectivity index (χ0v) is 12.6. The quantitative estimate of drug-likeness (QED) is 0.759. The minimum absolute atomic E-state index is 0.279. The molecule has 108 valence electrons. The average Bonchev–Trinajstić information content (AvgIpc) is 2.90. The summed E-state index contributed by atoms with van der Waals surface area (Å²) in [6.07, 6.45) is 0.954. The van der Waals surface area contributed by atoms with E-state index in [4.69, 9.17) is 0 Å². The summed E-state index contributed by atoms with van der Waals surface area (Å²) in [4.78, 5) is 11.1. The van der Waals surface area contributed by atoms with Crippen LogP contribution in [-0.2, 0) is 6.42 Å². The molecule has 0 atom stereocenters. The highest BCUT2D eigenvalue weighted by molar-refractivity contribution is 7.18. The van der Waals surface area contributed by atoms with Crippen LogP contribution in [0, 0.1) is 5.82 Å². The maximum absolute atomic E-state index is 13.3. The number of nitrogens with one attached hydrogen (secondary N) is 2. The van der Waals surface area contributed by atoms with Crippen LogP contribution in [0.15, 0.2) is 30.3 Å². The fraction of sp³-hybridized carbons (Fsp3) is 0.200. The van der Waals surface area contributed by atoms with Crippen molar-refractivity contribution in [1.82, 2.24) is 9.97 Å². The molecule has 0 amide bonds. The number of rotatable bonds is 4. The van der Waals surface area contributed by atoms with Gasteiger partial charge < -0.3 is 10.6 Å². The van der Waals surface area contributed by atoms with Gasteiger partial charge >= 0.3 is 0 Å². The van der Waals surface area contributed by atoms with E-state index in [1.54, 1.807) is 24.5 Å². The van der Waals surface area contributed by atoms with E-state index >= 15 is 0 Å². The molecule has 1 aromatic carbocycles. The van der Waals surface area contributed by atoms with Crippen molar-refractivity contribution in [3.63, 3.8) is 0 Å². The predicted molar refractivity (Wildman–Crippen MR) is 86.0 cm³/mol. The molecule has 0 aliphatic carbocycles. The SMILES string of the molecule is CCc1cc2c(Nc3cccc(F)c3)nc(NC)nc2s1. The molecule has 4 nitrogen and oxygen atoms in total. The van der Waals surface area contributed by atoms with E-state index in [1.165, 1.54) is 17.0 Å². The first-order chi connectivity index (χ1) is 10.2.